The molecule has 3 unspecified atom stereocenters. The number of rotatable bonds is 5. The van der Waals surface area contributed by atoms with Crippen LogP contribution in [0.15, 0.2) is 18.5 Å². The van der Waals surface area contributed by atoms with E-state index in [1.165, 1.54) is 0 Å². The second-order valence-electron chi connectivity index (χ2n) is 5.70. The van der Waals surface area contributed by atoms with Gasteiger partial charge >= 0.3 is 0 Å². The van der Waals surface area contributed by atoms with Crippen molar-refractivity contribution >= 4 is 18.3 Å². The van der Waals surface area contributed by atoms with E-state index in [4.69, 9.17) is 5.73 Å². The van der Waals surface area contributed by atoms with Crippen molar-refractivity contribution in [2.24, 2.45) is 17.6 Å². The van der Waals surface area contributed by atoms with Crippen molar-refractivity contribution in [2.45, 2.75) is 45.2 Å². The molecule has 0 bridgehead atoms. The Labute approximate surface area is 126 Å². The molecule has 1 aromatic heterocycles. The maximum absolute atomic E-state index is 12.1. The lowest BCUT2D eigenvalue weighted by Gasteiger charge is -2.26. The minimum Gasteiger partial charge on any atom is -0.356 e. The van der Waals surface area contributed by atoms with Crippen molar-refractivity contribution < 1.29 is 4.79 Å². The van der Waals surface area contributed by atoms with Gasteiger partial charge in [-0.2, -0.15) is 5.10 Å². The molecule has 0 radical (unpaired) electrons. The quantitative estimate of drug-likeness (QED) is 0.867. The third-order valence-electron chi connectivity index (χ3n) is 3.77. The van der Waals surface area contributed by atoms with Gasteiger partial charge in [0.1, 0.15) is 0 Å². The van der Waals surface area contributed by atoms with Crippen LogP contribution in [-0.2, 0) is 11.3 Å². The van der Waals surface area contributed by atoms with E-state index in [1.807, 2.05) is 16.9 Å². The van der Waals surface area contributed by atoms with Gasteiger partial charge in [-0.3, -0.25) is 9.48 Å². The van der Waals surface area contributed by atoms with E-state index in [1.54, 1.807) is 6.20 Å². The maximum Gasteiger partial charge on any atom is 0.223 e. The third-order valence-corrected chi connectivity index (χ3v) is 3.77. The molecule has 1 saturated carbocycles. The lowest BCUT2D eigenvalue weighted by atomic mass is 9.85. The normalized spacial score (nSPS) is 23.7. The predicted octanol–water partition coefficient (Wildman–Crippen LogP) is 1.57. The van der Waals surface area contributed by atoms with Crippen LogP contribution in [0.4, 0.5) is 0 Å². The van der Waals surface area contributed by atoms with E-state index in [9.17, 15) is 4.79 Å². The maximum atomic E-state index is 12.1. The Balaban J connectivity index is 0.00000200. The molecule has 1 fully saturated rings. The highest BCUT2D eigenvalue weighted by Crippen LogP contribution is 2.23. The molecule has 1 aliphatic rings. The van der Waals surface area contributed by atoms with E-state index in [-0.39, 0.29) is 30.3 Å². The SMILES string of the molecule is CC(CNC(=O)C1CCCC(N)C1)Cn1cccn1.Cl. The van der Waals surface area contributed by atoms with Crippen LogP contribution in [0.2, 0.25) is 0 Å². The molecule has 0 aliphatic heterocycles. The number of nitrogens with zero attached hydrogens (tertiary/aromatic N) is 2. The van der Waals surface area contributed by atoms with E-state index in [0.29, 0.717) is 12.5 Å². The molecule has 1 amide bonds. The Morgan fingerprint density at radius 2 is 2.35 bits per heavy atom. The van der Waals surface area contributed by atoms with Gasteiger partial charge in [-0.15, -0.1) is 12.4 Å². The summed E-state index contributed by atoms with van der Waals surface area (Å²) in [6.45, 7) is 3.65. The first-order chi connectivity index (χ1) is 9.15. The lowest BCUT2D eigenvalue weighted by Crippen LogP contribution is -2.39. The summed E-state index contributed by atoms with van der Waals surface area (Å²) in [7, 11) is 0. The molecule has 2 rings (SSSR count). The van der Waals surface area contributed by atoms with Gasteiger partial charge in [0.15, 0.2) is 0 Å². The van der Waals surface area contributed by atoms with Crippen LogP contribution in [-0.4, -0.2) is 28.3 Å². The minimum atomic E-state index is 0. The second kappa shape index (κ2) is 8.27. The van der Waals surface area contributed by atoms with E-state index in [2.05, 4.69) is 17.3 Å². The first-order valence-corrected chi connectivity index (χ1v) is 7.16. The molecule has 3 atom stereocenters. The van der Waals surface area contributed by atoms with Gasteiger partial charge in [0.2, 0.25) is 5.91 Å². The van der Waals surface area contributed by atoms with Gasteiger partial charge in [0, 0.05) is 37.4 Å². The third kappa shape index (κ3) is 5.13. The van der Waals surface area contributed by atoms with Gasteiger partial charge in [-0.25, -0.2) is 0 Å². The van der Waals surface area contributed by atoms with Gasteiger partial charge in [-0.05, 0) is 31.2 Å². The molecule has 3 N–H and O–H groups in total. The molecule has 6 heteroatoms. The number of carbonyl (C=O) groups is 1. The molecule has 1 aromatic rings. The molecular weight excluding hydrogens is 276 g/mol. The topological polar surface area (TPSA) is 72.9 Å². The molecule has 0 aromatic carbocycles. The number of carbonyl (C=O) groups excluding carboxylic acids is 1. The Morgan fingerprint density at radius 1 is 1.55 bits per heavy atom. The summed E-state index contributed by atoms with van der Waals surface area (Å²) in [5.74, 6) is 0.657. The van der Waals surface area contributed by atoms with E-state index < -0.39 is 0 Å². The molecule has 1 heterocycles. The summed E-state index contributed by atoms with van der Waals surface area (Å²) in [4.78, 5) is 12.1. The number of nitrogens with one attached hydrogen (secondary N) is 1. The van der Waals surface area contributed by atoms with Crippen LogP contribution in [0.3, 0.4) is 0 Å². The van der Waals surface area contributed by atoms with Gasteiger partial charge in [0.05, 0.1) is 0 Å². The lowest BCUT2D eigenvalue weighted by molar-refractivity contribution is -0.126. The molecule has 0 spiro atoms. The van der Waals surface area contributed by atoms with Crippen molar-refractivity contribution in [1.82, 2.24) is 15.1 Å². The fraction of sp³-hybridized carbons (Fsp3) is 0.714. The largest absolute Gasteiger partial charge is 0.356 e. The first-order valence-electron chi connectivity index (χ1n) is 7.16. The Morgan fingerprint density at radius 3 is 3.00 bits per heavy atom. The number of halogens is 1. The fourth-order valence-electron chi connectivity index (χ4n) is 2.68. The zero-order valence-electron chi connectivity index (χ0n) is 12.0. The second-order valence-corrected chi connectivity index (χ2v) is 5.70. The number of nitrogens with two attached hydrogens (primary N) is 1. The van der Waals surface area contributed by atoms with Crippen LogP contribution in [0.1, 0.15) is 32.6 Å². The monoisotopic (exact) mass is 300 g/mol. The zero-order chi connectivity index (χ0) is 13.7. The average Bonchev–Trinajstić information content (AvgIpc) is 2.88. The predicted molar refractivity (Wildman–Crippen MR) is 81.6 cm³/mol. The molecule has 5 nitrogen and oxygen atoms in total. The molecule has 20 heavy (non-hydrogen) atoms. The Bertz CT molecular complexity index is 396. The van der Waals surface area contributed by atoms with Gasteiger partial charge < -0.3 is 11.1 Å². The van der Waals surface area contributed by atoms with E-state index in [0.717, 1.165) is 32.2 Å². The van der Waals surface area contributed by atoms with Gasteiger partial charge in [0.25, 0.3) is 0 Å². The van der Waals surface area contributed by atoms with Crippen LogP contribution in [0.5, 0.6) is 0 Å². The summed E-state index contributed by atoms with van der Waals surface area (Å²) >= 11 is 0. The van der Waals surface area contributed by atoms with Crippen molar-refractivity contribution in [1.29, 1.82) is 0 Å². The summed E-state index contributed by atoms with van der Waals surface area (Å²) in [6, 6.07) is 2.11. The summed E-state index contributed by atoms with van der Waals surface area (Å²) < 4.78 is 1.90. The fourth-order valence-corrected chi connectivity index (χ4v) is 2.68. The Hall–Kier alpha value is -1.07. The van der Waals surface area contributed by atoms with Crippen LogP contribution in [0.25, 0.3) is 0 Å². The molecule has 0 saturated heterocycles. The smallest absolute Gasteiger partial charge is 0.223 e. The zero-order valence-corrected chi connectivity index (χ0v) is 12.8. The molecule has 1 aliphatic carbocycles. The number of hydrogen-bond acceptors (Lipinski definition) is 3. The molecular formula is C14H25ClN4O. The highest BCUT2D eigenvalue weighted by molar-refractivity contribution is 5.85. The summed E-state index contributed by atoms with van der Waals surface area (Å²) in [6.07, 6.45) is 7.65. The van der Waals surface area contributed by atoms with Crippen LogP contribution >= 0.6 is 12.4 Å². The Kier molecular flexibility index (Phi) is 7.02. The van der Waals surface area contributed by atoms with Crippen molar-refractivity contribution in [3.8, 4) is 0 Å². The van der Waals surface area contributed by atoms with Gasteiger partial charge in [-0.1, -0.05) is 13.3 Å². The summed E-state index contributed by atoms with van der Waals surface area (Å²) in [5.41, 5.74) is 5.92. The number of aromatic nitrogens is 2. The molecule has 114 valence electrons. The number of hydrogen-bond donors (Lipinski definition) is 2. The highest BCUT2D eigenvalue weighted by Gasteiger charge is 2.25. The van der Waals surface area contributed by atoms with Crippen LogP contribution in [0, 0.1) is 11.8 Å². The number of amides is 1. The van der Waals surface area contributed by atoms with E-state index >= 15 is 0 Å². The van der Waals surface area contributed by atoms with Crippen LogP contribution < -0.4 is 11.1 Å². The first kappa shape index (κ1) is 17.0. The summed E-state index contributed by atoms with van der Waals surface area (Å²) in [5, 5.41) is 7.22. The van der Waals surface area contributed by atoms with Crippen molar-refractivity contribution in [3.63, 3.8) is 0 Å². The van der Waals surface area contributed by atoms with Crippen molar-refractivity contribution in [2.75, 3.05) is 6.54 Å². The highest BCUT2D eigenvalue weighted by atomic mass is 35.5. The average molecular weight is 301 g/mol. The minimum absolute atomic E-state index is 0. The van der Waals surface area contributed by atoms with Crippen molar-refractivity contribution in [3.05, 3.63) is 18.5 Å². The standard InChI is InChI=1S/C14H24N4O.ClH/c1-11(10-18-7-3-6-17-18)9-16-14(19)12-4-2-5-13(15)8-12;/h3,6-7,11-13H,2,4-5,8-10,15H2,1H3,(H,16,19);1H.